The number of pyridine rings is 1. The Kier molecular flexibility index (Phi) is 3.63. The Morgan fingerprint density at radius 2 is 1.88 bits per heavy atom. The summed E-state index contributed by atoms with van der Waals surface area (Å²) < 4.78 is 5.67. The van der Waals surface area contributed by atoms with E-state index in [1.54, 1.807) is 36.5 Å². The average molecular weight is 331 g/mol. The summed E-state index contributed by atoms with van der Waals surface area (Å²) in [5, 5.41) is 12.2. The van der Waals surface area contributed by atoms with E-state index in [1.807, 2.05) is 18.2 Å². The van der Waals surface area contributed by atoms with E-state index in [-0.39, 0.29) is 11.7 Å². The second-order valence-electron chi connectivity index (χ2n) is 5.43. The fourth-order valence-corrected chi connectivity index (χ4v) is 2.44. The molecule has 4 aromatic rings. The quantitative estimate of drug-likeness (QED) is 0.595. The van der Waals surface area contributed by atoms with Crippen molar-refractivity contribution in [3.63, 3.8) is 0 Å². The minimum absolute atomic E-state index is 0.0487. The minimum Gasteiger partial charge on any atom is -0.508 e. The zero-order valence-corrected chi connectivity index (χ0v) is 13.0. The van der Waals surface area contributed by atoms with Gasteiger partial charge in [-0.15, -0.1) is 0 Å². The van der Waals surface area contributed by atoms with Crippen molar-refractivity contribution < 1.29 is 14.3 Å². The molecule has 2 aromatic heterocycles. The molecular weight excluding hydrogens is 318 g/mol. The van der Waals surface area contributed by atoms with Crippen LogP contribution in [0, 0.1) is 0 Å². The maximum Gasteiger partial charge on any atom is 0.255 e. The lowest BCUT2D eigenvalue weighted by Gasteiger charge is -2.06. The van der Waals surface area contributed by atoms with Crippen molar-refractivity contribution in [3.05, 3.63) is 72.4 Å². The maximum atomic E-state index is 12.2. The van der Waals surface area contributed by atoms with E-state index >= 15 is 0 Å². The van der Waals surface area contributed by atoms with Gasteiger partial charge in [0.25, 0.3) is 5.91 Å². The van der Waals surface area contributed by atoms with Gasteiger partial charge in [-0.3, -0.25) is 4.79 Å². The molecule has 0 spiro atoms. The fraction of sp³-hybridized carbons (Fsp3) is 0. The lowest BCUT2D eigenvalue weighted by atomic mass is 10.1. The van der Waals surface area contributed by atoms with Crippen molar-refractivity contribution in [1.82, 2.24) is 9.97 Å². The number of carbonyl (C=O) groups is 1. The third kappa shape index (κ3) is 3.05. The molecule has 0 aliphatic rings. The summed E-state index contributed by atoms with van der Waals surface area (Å²) in [5.74, 6) is 0.224. The van der Waals surface area contributed by atoms with E-state index in [0.29, 0.717) is 28.4 Å². The number of carbonyl (C=O) groups excluding carboxylic acids is 1. The Bertz CT molecular complexity index is 1020. The molecule has 0 unspecified atom stereocenters. The lowest BCUT2D eigenvalue weighted by Crippen LogP contribution is -2.11. The number of benzene rings is 2. The predicted octanol–water partition coefficient (Wildman–Crippen LogP) is 3.85. The molecule has 6 nitrogen and oxygen atoms in total. The van der Waals surface area contributed by atoms with Crippen LogP contribution in [0.4, 0.5) is 5.69 Å². The molecule has 0 saturated carbocycles. The number of phenols is 1. The van der Waals surface area contributed by atoms with Crippen molar-refractivity contribution in [2.75, 3.05) is 5.32 Å². The normalized spacial score (nSPS) is 10.7. The molecule has 0 saturated heterocycles. The van der Waals surface area contributed by atoms with Crippen molar-refractivity contribution in [1.29, 1.82) is 0 Å². The Morgan fingerprint density at radius 1 is 1.04 bits per heavy atom. The van der Waals surface area contributed by atoms with Gasteiger partial charge in [0.05, 0.1) is 0 Å². The fourth-order valence-electron chi connectivity index (χ4n) is 2.44. The van der Waals surface area contributed by atoms with E-state index in [4.69, 9.17) is 4.42 Å². The SMILES string of the molecule is O=C(Nc1ccc(-c2nc3ncccc3o2)cc1)c1cccc(O)c1. The monoisotopic (exact) mass is 331 g/mol. The first kappa shape index (κ1) is 14.9. The second-order valence-corrected chi connectivity index (χ2v) is 5.43. The Labute approximate surface area is 142 Å². The highest BCUT2D eigenvalue weighted by Gasteiger charge is 2.10. The summed E-state index contributed by atoms with van der Waals surface area (Å²) in [7, 11) is 0. The number of fused-ring (bicyclic) bond motifs is 1. The highest BCUT2D eigenvalue weighted by molar-refractivity contribution is 6.04. The number of hydrogen-bond donors (Lipinski definition) is 2. The first-order chi connectivity index (χ1) is 12.2. The van der Waals surface area contributed by atoms with Crippen molar-refractivity contribution in [3.8, 4) is 17.2 Å². The molecular formula is C19H13N3O3. The summed E-state index contributed by atoms with van der Waals surface area (Å²) in [6.07, 6.45) is 1.66. The van der Waals surface area contributed by atoms with Crippen molar-refractivity contribution >= 4 is 22.8 Å². The first-order valence-corrected chi connectivity index (χ1v) is 7.61. The Morgan fingerprint density at radius 3 is 2.64 bits per heavy atom. The summed E-state index contributed by atoms with van der Waals surface area (Å²) in [6.45, 7) is 0. The lowest BCUT2D eigenvalue weighted by molar-refractivity contribution is 0.102. The molecule has 0 aliphatic heterocycles. The van der Waals surface area contributed by atoms with Gasteiger partial charge in [0.1, 0.15) is 5.75 Å². The number of aromatic nitrogens is 2. The number of hydrogen-bond acceptors (Lipinski definition) is 5. The Balaban J connectivity index is 1.54. The highest BCUT2D eigenvalue weighted by atomic mass is 16.3. The van der Waals surface area contributed by atoms with E-state index in [2.05, 4.69) is 15.3 Å². The van der Waals surface area contributed by atoms with Crippen LogP contribution in [0.1, 0.15) is 10.4 Å². The summed E-state index contributed by atoms with van der Waals surface area (Å²) in [6, 6.07) is 16.9. The molecule has 1 amide bonds. The molecule has 0 atom stereocenters. The number of oxazole rings is 1. The van der Waals surface area contributed by atoms with Crippen LogP contribution in [0.3, 0.4) is 0 Å². The number of phenolic OH excluding ortho intramolecular Hbond substituents is 1. The van der Waals surface area contributed by atoms with Crippen LogP contribution in [0.5, 0.6) is 5.75 Å². The van der Waals surface area contributed by atoms with Gasteiger partial charge in [-0.05, 0) is 54.6 Å². The third-order valence-corrected chi connectivity index (χ3v) is 3.66. The number of amides is 1. The van der Waals surface area contributed by atoms with E-state index in [1.165, 1.54) is 12.1 Å². The van der Waals surface area contributed by atoms with Gasteiger partial charge in [-0.2, -0.15) is 4.98 Å². The van der Waals surface area contributed by atoms with Crippen LogP contribution in [0.15, 0.2) is 71.3 Å². The summed E-state index contributed by atoms with van der Waals surface area (Å²) >= 11 is 0. The molecule has 2 heterocycles. The Hall–Kier alpha value is -3.67. The number of anilines is 1. The largest absolute Gasteiger partial charge is 0.508 e. The van der Waals surface area contributed by atoms with Gasteiger partial charge in [0, 0.05) is 23.0 Å². The number of rotatable bonds is 3. The summed E-state index contributed by atoms with van der Waals surface area (Å²) in [5.41, 5.74) is 2.98. The molecule has 0 aliphatic carbocycles. The van der Waals surface area contributed by atoms with Crippen LogP contribution >= 0.6 is 0 Å². The molecule has 25 heavy (non-hydrogen) atoms. The second kappa shape index (κ2) is 6.09. The smallest absolute Gasteiger partial charge is 0.255 e. The standard InChI is InChI=1S/C19H13N3O3/c23-15-4-1-3-13(11-15)18(24)21-14-8-6-12(7-9-14)19-22-17-16(25-19)5-2-10-20-17/h1-11,23H,(H,21,24). The van der Waals surface area contributed by atoms with Gasteiger partial charge >= 0.3 is 0 Å². The molecule has 0 fully saturated rings. The minimum atomic E-state index is -0.297. The van der Waals surface area contributed by atoms with Gasteiger partial charge in [0.2, 0.25) is 5.89 Å². The number of nitrogens with one attached hydrogen (secondary N) is 1. The van der Waals surface area contributed by atoms with Crippen LogP contribution in [0.2, 0.25) is 0 Å². The zero-order chi connectivity index (χ0) is 17.2. The van der Waals surface area contributed by atoms with Gasteiger partial charge in [-0.1, -0.05) is 6.07 Å². The average Bonchev–Trinajstić information content (AvgIpc) is 3.06. The zero-order valence-electron chi connectivity index (χ0n) is 13.0. The molecule has 122 valence electrons. The van der Waals surface area contributed by atoms with Gasteiger partial charge < -0.3 is 14.8 Å². The van der Waals surface area contributed by atoms with E-state index in [9.17, 15) is 9.90 Å². The van der Waals surface area contributed by atoms with Crippen LogP contribution in [0.25, 0.3) is 22.7 Å². The molecule has 0 radical (unpaired) electrons. The molecule has 2 N–H and O–H groups in total. The van der Waals surface area contributed by atoms with Crippen molar-refractivity contribution in [2.45, 2.75) is 0 Å². The summed E-state index contributed by atoms with van der Waals surface area (Å²) in [4.78, 5) is 20.7. The van der Waals surface area contributed by atoms with E-state index < -0.39 is 0 Å². The van der Waals surface area contributed by atoms with Crippen LogP contribution in [-0.2, 0) is 0 Å². The van der Waals surface area contributed by atoms with Crippen molar-refractivity contribution in [2.24, 2.45) is 0 Å². The van der Waals surface area contributed by atoms with E-state index in [0.717, 1.165) is 5.56 Å². The molecule has 4 rings (SSSR count). The van der Waals surface area contributed by atoms with Gasteiger partial charge in [-0.25, -0.2) is 4.98 Å². The topological polar surface area (TPSA) is 88.3 Å². The third-order valence-electron chi connectivity index (χ3n) is 3.66. The van der Waals surface area contributed by atoms with Gasteiger partial charge in [0.15, 0.2) is 11.2 Å². The number of aromatic hydroxyl groups is 1. The predicted molar refractivity (Wildman–Crippen MR) is 93.3 cm³/mol. The van der Waals surface area contributed by atoms with Crippen LogP contribution < -0.4 is 5.32 Å². The molecule has 0 bridgehead atoms. The van der Waals surface area contributed by atoms with Crippen LogP contribution in [-0.4, -0.2) is 21.0 Å². The molecule has 2 aromatic carbocycles. The first-order valence-electron chi connectivity index (χ1n) is 7.61. The maximum absolute atomic E-state index is 12.2. The molecule has 6 heteroatoms. The number of nitrogens with zero attached hydrogens (tertiary/aromatic N) is 2. The highest BCUT2D eigenvalue weighted by Crippen LogP contribution is 2.24.